The summed E-state index contributed by atoms with van der Waals surface area (Å²) < 4.78 is 5.23. The molecule has 0 bridgehead atoms. The highest BCUT2D eigenvalue weighted by atomic mass is 16.5. The third kappa shape index (κ3) is 2.20. The minimum atomic E-state index is -0.175. The summed E-state index contributed by atoms with van der Waals surface area (Å²) in [5.74, 6) is 0.767. The highest BCUT2D eigenvalue weighted by Gasteiger charge is 2.07. The number of H-pyrrole nitrogens is 1. The Balaban J connectivity index is 2.61. The van der Waals surface area contributed by atoms with Gasteiger partial charge in [-0.1, -0.05) is 12.6 Å². The Labute approximate surface area is 99.0 Å². The number of aromatic amines is 1. The molecule has 0 atom stereocenters. The second-order valence-electron chi connectivity index (χ2n) is 3.79. The molecule has 0 aliphatic carbocycles. The molecule has 2 rings (SSSR count). The second kappa shape index (κ2) is 4.41. The summed E-state index contributed by atoms with van der Waals surface area (Å²) in [5, 5.41) is 0.573. The van der Waals surface area contributed by atoms with E-state index in [1.165, 1.54) is 0 Å². The third-order valence-electron chi connectivity index (χ3n) is 2.44. The van der Waals surface area contributed by atoms with Gasteiger partial charge in [-0.25, -0.2) is 4.98 Å². The maximum Gasteiger partial charge on any atom is 0.259 e. The first kappa shape index (κ1) is 11.4. The molecule has 0 spiro atoms. The lowest BCUT2D eigenvalue weighted by Crippen LogP contribution is -2.12. The van der Waals surface area contributed by atoms with Crippen molar-refractivity contribution < 1.29 is 4.74 Å². The van der Waals surface area contributed by atoms with Gasteiger partial charge in [0.1, 0.15) is 0 Å². The lowest BCUT2D eigenvalue weighted by atomic mass is 10.2. The molecule has 88 valence electrons. The molecule has 0 aliphatic heterocycles. The lowest BCUT2D eigenvalue weighted by molar-refractivity contribution is 0.296. The van der Waals surface area contributed by atoms with Gasteiger partial charge in [-0.3, -0.25) is 4.79 Å². The summed E-state index contributed by atoms with van der Waals surface area (Å²) in [6.07, 6.45) is 0. The quantitative estimate of drug-likeness (QED) is 0.823. The molecule has 0 amide bonds. The van der Waals surface area contributed by atoms with E-state index in [-0.39, 0.29) is 5.56 Å². The molecule has 4 heteroatoms. The fourth-order valence-corrected chi connectivity index (χ4v) is 1.62. The first-order chi connectivity index (χ1) is 8.11. The van der Waals surface area contributed by atoms with Crippen molar-refractivity contribution in [3.8, 4) is 0 Å². The Morgan fingerprint density at radius 1 is 1.53 bits per heavy atom. The van der Waals surface area contributed by atoms with Gasteiger partial charge in [-0.15, -0.1) is 0 Å². The highest BCUT2D eigenvalue weighted by molar-refractivity contribution is 5.79. The molecular formula is C13H14N2O2. The molecule has 1 aromatic heterocycles. The highest BCUT2D eigenvalue weighted by Crippen LogP contribution is 2.13. The van der Waals surface area contributed by atoms with Crippen LogP contribution in [0.2, 0.25) is 0 Å². The summed E-state index contributed by atoms with van der Waals surface area (Å²) in [7, 11) is 0. The van der Waals surface area contributed by atoms with E-state index >= 15 is 0 Å². The predicted octanol–water partition coefficient (Wildman–Crippen LogP) is 2.24. The minimum Gasteiger partial charge on any atom is -0.491 e. The number of fused-ring (bicyclic) bond motifs is 1. The summed E-state index contributed by atoms with van der Waals surface area (Å²) in [5.41, 5.74) is 1.54. The standard InChI is InChI=1S/C13H14N2O2/c1-4-17-9(3)12-14-11-7-8(2)5-6-10(11)13(16)15-12/h5-7H,3-4H2,1-2H3,(H,14,15,16). The van der Waals surface area contributed by atoms with Gasteiger partial charge in [-0.05, 0) is 31.5 Å². The van der Waals surface area contributed by atoms with Crippen molar-refractivity contribution in [1.29, 1.82) is 0 Å². The maximum atomic E-state index is 11.8. The van der Waals surface area contributed by atoms with Gasteiger partial charge in [0, 0.05) is 0 Å². The number of ether oxygens (including phenoxy) is 1. The van der Waals surface area contributed by atoms with Crippen molar-refractivity contribution >= 4 is 16.7 Å². The molecule has 0 radical (unpaired) electrons. The summed E-state index contributed by atoms with van der Waals surface area (Å²) in [6.45, 7) is 8.04. The van der Waals surface area contributed by atoms with E-state index in [4.69, 9.17) is 4.74 Å². The van der Waals surface area contributed by atoms with Crippen LogP contribution in [0, 0.1) is 6.92 Å². The normalized spacial score (nSPS) is 10.5. The van der Waals surface area contributed by atoms with Gasteiger partial charge in [0.25, 0.3) is 5.56 Å². The van der Waals surface area contributed by atoms with E-state index in [2.05, 4.69) is 16.5 Å². The topological polar surface area (TPSA) is 55.0 Å². The van der Waals surface area contributed by atoms with Gasteiger partial charge in [0.15, 0.2) is 11.6 Å². The molecule has 0 aliphatic rings. The summed E-state index contributed by atoms with van der Waals surface area (Å²) >= 11 is 0. The van der Waals surface area contributed by atoms with Crippen LogP contribution in [0.25, 0.3) is 16.7 Å². The van der Waals surface area contributed by atoms with Crippen LogP contribution in [0.15, 0.2) is 29.6 Å². The van der Waals surface area contributed by atoms with E-state index < -0.39 is 0 Å². The number of nitrogens with zero attached hydrogens (tertiary/aromatic N) is 1. The Morgan fingerprint density at radius 2 is 2.29 bits per heavy atom. The summed E-state index contributed by atoms with van der Waals surface area (Å²) in [4.78, 5) is 18.8. The zero-order valence-corrected chi connectivity index (χ0v) is 9.91. The van der Waals surface area contributed by atoms with Crippen LogP contribution < -0.4 is 5.56 Å². The average Bonchev–Trinajstić information content (AvgIpc) is 2.28. The van der Waals surface area contributed by atoms with Crippen LogP contribution in [0.3, 0.4) is 0 Å². The minimum absolute atomic E-state index is 0.175. The molecule has 1 aromatic carbocycles. The Bertz CT molecular complexity index is 629. The van der Waals surface area contributed by atoms with Crippen LogP contribution in [0.4, 0.5) is 0 Å². The summed E-state index contributed by atoms with van der Waals surface area (Å²) in [6, 6.07) is 5.52. The predicted molar refractivity (Wildman–Crippen MR) is 67.8 cm³/mol. The Morgan fingerprint density at radius 3 is 3.00 bits per heavy atom. The molecule has 4 nitrogen and oxygen atoms in total. The van der Waals surface area contributed by atoms with Gasteiger partial charge < -0.3 is 9.72 Å². The second-order valence-corrected chi connectivity index (χ2v) is 3.79. The molecule has 1 heterocycles. The number of aromatic nitrogens is 2. The molecule has 2 aromatic rings. The van der Waals surface area contributed by atoms with Gasteiger partial charge in [0.2, 0.25) is 0 Å². The number of hydrogen-bond donors (Lipinski definition) is 1. The molecular weight excluding hydrogens is 216 g/mol. The fraction of sp³-hybridized carbons (Fsp3) is 0.231. The molecule has 1 N–H and O–H groups in total. The van der Waals surface area contributed by atoms with Crippen LogP contribution in [-0.2, 0) is 4.74 Å². The van der Waals surface area contributed by atoms with Crippen molar-refractivity contribution in [2.45, 2.75) is 13.8 Å². The molecule has 0 fully saturated rings. The first-order valence-electron chi connectivity index (χ1n) is 5.44. The molecule has 0 saturated carbocycles. The van der Waals surface area contributed by atoms with Crippen LogP contribution in [-0.4, -0.2) is 16.6 Å². The number of hydrogen-bond acceptors (Lipinski definition) is 3. The van der Waals surface area contributed by atoms with E-state index in [0.717, 1.165) is 5.56 Å². The van der Waals surface area contributed by atoms with Gasteiger partial charge in [-0.2, -0.15) is 0 Å². The van der Waals surface area contributed by atoms with Crippen molar-refractivity contribution in [2.24, 2.45) is 0 Å². The number of benzene rings is 1. The zero-order chi connectivity index (χ0) is 12.4. The molecule has 17 heavy (non-hydrogen) atoms. The smallest absolute Gasteiger partial charge is 0.259 e. The van der Waals surface area contributed by atoms with Crippen molar-refractivity contribution in [3.63, 3.8) is 0 Å². The van der Waals surface area contributed by atoms with E-state index in [1.54, 1.807) is 6.07 Å². The van der Waals surface area contributed by atoms with E-state index in [0.29, 0.717) is 29.1 Å². The number of aryl methyl sites for hydroxylation is 1. The largest absolute Gasteiger partial charge is 0.491 e. The number of rotatable bonds is 3. The maximum absolute atomic E-state index is 11.8. The fourth-order valence-electron chi connectivity index (χ4n) is 1.62. The average molecular weight is 230 g/mol. The van der Waals surface area contributed by atoms with Crippen molar-refractivity contribution in [1.82, 2.24) is 9.97 Å². The van der Waals surface area contributed by atoms with Crippen LogP contribution in [0.5, 0.6) is 0 Å². The van der Waals surface area contributed by atoms with Gasteiger partial charge >= 0.3 is 0 Å². The van der Waals surface area contributed by atoms with E-state index in [1.807, 2.05) is 26.0 Å². The van der Waals surface area contributed by atoms with Crippen molar-refractivity contribution in [2.75, 3.05) is 6.61 Å². The van der Waals surface area contributed by atoms with Gasteiger partial charge in [0.05, 0.1) is 17.5 Å². The monoisotopic (exact) mass is 230 g/mol. The van der Waals surface area contributed by atoms with Crippen LogP contribution in [0.1, 0.15) is 18.3 Å². The Hall–Kier alpha value is -2.10. The Kier molecular flexibility index (Phi) is 2.95. The molecule has 0 saturated heterocycles. The van der Waals surface area contributed by atoms with Crippen LogP contribution >= 0.6 is 0 Å². The first-order valence-corrected chi connectivity index (χ1v) is 5.44. The SMILES string of the molecule is C=C(OCC)c1nc2cc(C)ccc2c(=O)[nH]1. The zero-order valence-electron chi connectivity index (χ0n) is 9.91. The number of nitrogens with one attached hydrogen (secondary N) is 1. The lowest BCUT2D eigenvalue weighted by Gasteiger charge is -2.06. The third-order valence-corrected chi connectivity index (χ3v) is 2.44. The van der Waals surface area contributed by atoms with Crippen molar-refractivity contribution in [3.05, 3.63) is 46.5 Å². The van der Waals surface area contributed by atoms with E-state index in [9.17, 15) is 4.79 Å². The molecule has 0 unspecified atom stereocenters.